The Morgan fingerprint density at radius 3 is 2.34 bits per heavy atom. The summed E-state index contributed by atoms with van der Waals surface area (Å²) < 4.78 is 0. The molecule has 2 saturated heterocycles. The van der Waals surface area contributed by atoms with Crippen LogP contribution in [-0.4, -0.2) is 54.5 Å². The van der Waals surface area contributed by atoms with E-state index in [9.17, 15) is 9.59 Å². The number of rotatable bonds is 5. The van der Waals surface area contributed by atoms with Crippen LogP contribution in [0.2, 0.25) is 0 Å². The predicted molar refractivity (Wildman–Crippen MR) is 127 cm³/mol. The largest absolute Gasteiger partial charge is 0.357 e. The first kappa shape index (κ1) is 24.2. The zero-order valence-electron chi connectivity index (χ0n) is 18.3. The number of carbonyl (C=O) groups excluding carboxylic acids is 2. The second-order valence-electron chi connectivity index (χ2n) is 9.51. The lowest BCUT2D eigenvalue weighted by Gasteiger charge is -2.40. The third-order valence-corrected chi connectivity index (χ3v) is 7.11. The number of piperidine rings is 1. The van der Waals surface area contributed by atoms with E-state index in [-0.39, 0.29) is 47.2 Å². The van der Waals surface area contributed by atoms with E-state index in [1.165, 1.54) is 25.7 Å². The summed E-state index contributed by atoms with van der Waals surface area (Å²) in [6.07, 6.45) is 7.09. The Hall–Kier alpha value is -1.06. The minimum atomic E-state index is -0.789. The minimum Gasteiger partial charge on any atom is -0.357 e. The van der Waals surface area contributed by atoms with Crippen LogP contribution in [0.5, 0.6) is 0 Å². The maximum atomic E-state index is 12.2. The highest BCUT2D eigenvalue weighted by molar-refractivity contribution is 14.0. The van der Waals surface area contributed by atoms with Gasteiger partial charge >= 0.3 is 6.03 Å². The van der Waals surface area contributed by atoms with Gasteiger partial charge in [-0.25, -0.2) is 4.79 Å². The summed E-state index contributed by atoms with van der Waals surface area (Å²) in [5.74, 6) is 1.70. The van der Waals surface area contributed by atoms with E-state index in [0.29, 0.717) is 0 Å². The van der Waals surface area contributed by atoms with Crippen molar-refractivity contribution < 1.29 is 9.59 Å². The highest BCUT2D eigenvalue weighted by Crippen LogP contribution is 2.39. The summed E-state index contributed by atoms with van der Waals surface area (Å²) in [6.45, 7) is 12.0. The van der Waals surface area contributed by atoms with Crippen LogP contribution >= 0.6 is 24.0 Å². The van der Waals surface area contributed by atoms with Gasteiger partial charge in [0.25, 0.3) is 5.91 Å². The standard InChI is InChI=1S/C21H37N5O2.HI/c1-5-22-18(23-14-20(2,3)15-8-6-7-9-15)26-12-10-16(11-13-26)21(4)17(27)24-19(28)25-21;/h15-16H,5-14H2,1-4H3,(H,22,23)(H2,24,25,27,28);1H. The van der Waals surface area contributed by atoms with E-state index in [4.69, 9.17) is 4.99 Å². The fourth-order valence-electron chi connectivity index (χ4n) is 5.05. The van der Waals surface area contributed by atoms with E-state index in [1.807, 2.05) is 6.92 Å². The summed E-state index contributed by atoms with van der Waals surface area (Å²) in [7, 11) is 0. The highest BCUT2D eigenvalue weighted by Gasteiger charge is 2.48. The van der Waals surface area contributed by atoms with Gasteiger partial charge in [0.1, 0.15) is 5.54 Å². The molecule has 3 aliphatic rings. The summed E-state index contributed by atoms with van der Waals surface area (Å²) in [5.41, 5.74) is -0.557. The van der Waals surface area contributed by atoms with Gasteiger partial charge in [-0.2, -0.15) is 0 Å². The van der Waals surface area contributed by atoms with Crippen LogP contribution in [0.3, 0.4) is 0 Å². The molecule has 166 valence electrons. The smallest absolute Gasteiger partial charge is 0.322 e. The molecule has 3 fully saturated rings. The van der Waals surface area contributed by atoms with E-state index >= 15 is 0 Å². The second-order valence-corrected chi connectivity index (χ2v) is 9.51. The lowest BCUT2D eigenvalue weighted by molar-refractivity contribution is -0.125. The molecule has 2 heterocycles. The Kier molecular flexibility index (Phi) is 8.21. The van der Waals surface area contributed by atoms with Gasteiger partial charge in [0.2, 0.25) is 0 Å². The molecule has 1 aliphatic carbocycles. The lowest BCUT2D eigenvalue weighted by atomic mass is 9.78. The Labute approximate surface area is 192 Å². The molecule has 8 heteroatoms. The van der Waals surface area contributed by atoms with Crippen LogP contribution in [0.1, 0.15) is 66.2 Å². The first-order valence-electron chi connectivity index (χ1n) is 10.9. The van der Waals surface area contributed by atoms with Gasteiger partial charge in [-0.15, -0.1) is 24.0 Å². The molecule has 2 aliphatic heterocycles. The summed E-state index contributed by atoms with van der Waals surface area (Å²) in [4.78, 5) is 31.1. The molecule has 0 radical (unpaired) electrons. The average Bonchev–Trinajstić information content (AvgIpc) is 3.28. The summed E-state index contributed by atoms with van der Waals surface area (Å²) >= 11 is 0. The van der Waals surface area contributed by atoms with Crippen LogP contribution in [-0.2, 0) is 4.79 Å². The molecule has 1 atom stereocenters. The van der Waals surface area contributed by atoms with Crippen molar-refractivity contribution in [3.8, 4) is 0 Å². The molecule has 1 saturated carbocycles. The number of urea groups is 1. The van der Waals surface area contributed by atoms with Crippen molar-refractivity contribution >= 4 is 41.9 Å². The van der Waals surface area contributed by atoms with E-state index in [0.717, 1.165) is 50.9 Å². The number of likely N-dealkylation sites (tertiary alicyclic amines) is 1. The average molecular weight is 519 g/mol. The fourth-order valence-corrected chi connectivity index (χ4v) is 5.05. The van der Waals surface area contributed by atoms with E-state index in [1.54, 1.807) is 0 Å². The quantitative estimate of drug-likeness (QED) is 0.226. The van der Waals surface area contributed by atoms with Crippen LogP contribution in [0.4, 0.5) is 4.79 Å². The first-order valence-corrected chi connectivity index (χ1v) is 10.9. The second kappa shape index (κ2) is 9.83. The molecular weight excluding hydrogens is 481 g/mol. The molecule has 0 aromatic rings. The van der Waals surface area contributed by atoms with Crippen LogP contribution < -0.4 is 16.0 Å². The number of carbonyl (C=O) groups is 2. The van der Waals surface area contributed by atoms with Crippen molar-refractivity contribution in [2.24, 2.45) is 22.2 Å². The van der Waals surface area contributed by atoms with E-state index in [2.05, 4.69) is 41.6 Å². The molecule has 0 spiro atoms. The topological polar surface area (TPSA) is 85.8 Å². The number of hydrogen-bond donors (Lipinski definition) is 3. The molecular formula is C21H38IN5O2. The number of halogens is 1. The molecule has 29 heavy (non-hydrogen) atoms. The van der Waals surface area contributed by atoms with Gasteiger partial charge in [-0.3, -0.25) is 15.1 Å². The van der Waals surface area contributed by atoms with Crippen molar-refractivity contribution in [1.29, 1.82) is 0 Å². The monoisotopic (exact) mass is 519 g/mol. The fraction of sp³-hybridized carbons (Fsp3) is 0.857. The number of nitrogens with zero attached hydrogens (tertiary/aromatic N) is 2. The van der Waals surface area contributed by atoms with Gasteiger partial charge in [-0.05, 0) is 56.8 Å². The molecule has 7 nitrogen and oxygen atoms in total. The van der Waals surface area contributed by atoms with E-state index < -0.39 is 5.54 Å². The number of hydrogen-bond acceptors (Lipinski definition) is 3. The molecule has 3 amide bonds. The number of amides is 3. The van der Waals surface area contributed by atoms with Gasteiger partial charge in [0.05, 0.1) is 0 Å². The first-order chi connectivity index (χ1) is 13.3. The molecule has 0 aromatic carbocycles. The van der Waals surface area contributed by atoms with Crippen molar-refractivity contribution in [1.82, 2.24) is 20.9 Å². The number of nitrogens with one attached hydrogen (secondary N) is 3. The van der Waals surface area contributed by atoms with Gasteiger partial charge in [-0.1, -0.05) is 26.7 Å². The minimum absolute atomic E-state index is 0. The summed E-state index contributed by atoms with van der Waals surface area (Å²) in [5, 5.41) is 8.67. The predicted octanol–water partition coefficient (Wildman–Crippen LogP) is 3.10. The lowest BCUT2D eigenvalue weighted by Crippen LogP contribution is -2.55. The van der Waals surface area contributed by atoms with Gasteiger partial charge < -0.3 is 15.5 Å². The molecule has 0 bridgehead atoms. The number of aliphatic imine (C=N–C) groups is 1. The van der Waals surface area contributed by atoms with Gasteiger partial charge in [0.15, 0.2) is 5.96 Å². The Bertz CT molecular complexity index is 625. The normalized spacial score (nSPS) is 26.9. The van der Waals surface area contributed by atoms with Crippen LogP contribution in [0, 0.1) is 17.3 Å². The zero-order chi connectivity index (χ0) is 20.4. The Morgan fingerprint density at radius 2 is 1.83 bits per heavy atom. The molecule has 3 N–H and O–H groups in total. The summed E-state index contributed by atoms with van der Waals surface area (Å²) in [6, 6.07) is -0.376. The Balaban J connectivity index is 0.00000300. The van der Waals surface area contributed by atoms with Gasteiger partial charge in [0, 0.05) is 26.2 Å². The third-order valence-electron chi connectivity index (χ3n) is 7.11. The molecule has 1 unspecified atom stereocenters. The van der Waals surface area contributed by atoms with Crippen LogP contribution in [0.25, 0.3) is 0 Å². The Morgan fingerprint density at radius 1 is 1.21 bits per heavy atom. The maximum absolute atomic E-state index is 12.2. The SMILES string of the molecule is CCNC(=NCC(C)(C)C1CCCC1)N1CCC(C2(C)NC(=O)NC2=O)CC1.I. The van der Waals surface area contributed by atoms with Crippen molar-refractivity contribution in [3.05, 3.63) is 0 Å². The molecule has 0 aromatic heterocycles. The van der Waals surface area contributed by atoms with Crippen LogP contribution in [0.15, 0.2) is 4.99 Å². The van der Waals surface area contributed by atoms with Crippen molar-refractivity contribution in [2.45, 2.75) is 71.8 Å². The number of imide groups is 1. The zero-order valence-corrected chi connectivity index (χ0v) is 20.7. The van der Waals surface area contributed by atoms with Crippen molar-refractivity contribution in [2.75, 3.05) is 26.2 Å². The molecule has 3 rings (SSSR count). The van der Waals surface area contributed by atoms with Crippen molar-refractivity contribution in [3.63, 3.8) is 0 Å². The highest BCUT2D eigenvalue weighted by atomic mass is 127. The maximum Gasteiger partial charge on any atom is 0.322 e. The third kappa shape index (κ3) is 5.35. The number of guanidine groups is 1.